The van der Waals surface area contributed by atoms with Crippen molar-refractivity contribution in [1.82, 2.24) is 5.32 Å². The number of methoxy groups -OCH3 is 1. The second kappa shape index (κ2) is 9.82. The highest BCUT2D eigenvalue weighted by molar-refractivity contribution is 6.04. The molecule has 1 saturated heterocycles. The molecule has 0 aliphatic carbocycles. The van der Waals surface area contributed by atoms with Gasteiger partial charge < -0.3 is 25.6 Å². The predicted molar refractivity (Wildman–Crippen MR) is 116 cm³/mol. The molecule has 1 aliphatic heterocycles. The van der Waals surface area contributed by atoms with Crippen molar-refractivity contribution in [3.05, 3.63) is 48.0 Å². The molecule has 1 heterocycles. The number of amides is 3. The van der Waals surface area contributed by atoms with Gasteiger partial charge in [0.15, 0.2) is 0 Å². The molecule has 7 heteroatoms. The van der Waals surface area contributed by atoms with Crippen molar-refractivity contribution >= 4 is 29.0 Å². The summed E-state index contributed by atoms with van der Waals surface area (Å²) in [7, 11) is 1.55. The Labute approximate surface area is 171 Å². The Morgan fingerprint density at radius 3 is 2.55 bits per heavy atom. The molecular weight excluding hydrogens is 368 g/mol. The Morgan fingerprint density at radius 2 is 1.83 bits per heavy atom. The van der Waals surface area contributed by atoms with Crippen LogP contribution in [0, 0.1) is 0 Å². The summed E-state index contributed by atoms with van der Waals surface area (Å²) in [6, 6.07) is 12.3. The first-order valence-corrected chi connectivity index (χ1v) is 10.0. The van der Waals surface area contributed by atoms with Crippen LogP contribution >= 0.6 is 0 Å². The molecule has 0 unspecified atom stereocenters. The maximum absolute atomic E-state index is 12.7. The van der Waals surface area contributed by atoms with Gasteiger partial charge in [-0.05, 0) is 49.6 Å². The molecule has 0 aromatic heterocycles. The first-order valence-electron chi connectivity index (χ1n) is 10.0. The van der Waals surface area contributed by atoms with Gasteiger partial charge in [-0.25, -0.2) is 4.79 Å². The van der Waals surface area contributed by atoms with E-state index < -0.39 is 6.03 Å². The summed E-state index contributed by atoms with van der Waals surface area (Å²) in [5, 5.41) is 8.52. The molecule has 3 N–H and O–H groups in total. The molecule has 0 radical (unpaired) electrons. The van der Waals surface area contributed by atoms with Crippen LogP contribution in [0.15, 0.2) is 42.5 Å². The molecule has 1 aliphatic rings. The zero-order chi connectivity index (χ0) is 20.6. The number of ether oxygens (including phenoxy) is 1. The monoisotopic (exact) mass is 396 g/mol. The van der Waals surface area contributed by atoms with E-state index in [1.807, 2.05) is 31.2 Å². The van der Waals surface area contributed by atoms with E-state index >= 15 is 0 Å². The molecule has 0 saturated carbocycles. The summed E-state index contributed by atoms with van der Waals surface area (Å²) in [6.07, 6.45) is 3.11. The van der Waals surface area contributed by atoms with Crippen LogP contribution in [0.5, 0.6) is 5.75 Å². The van der Waals surface area contributed by atoms with E-state index in [1.165, 1.54) is 0 Å². The Morgan fingerprint density at radius 1 is 1.07 bits per heavy atom. The van der Waals surface area contributed by atoms with Gasteiger partial charge in [-0.15, -0.1) is 0 Å². The van der Waals surface area contributed by atoms with Crippen LogP contribution in [0.3, 0.4) is 0 Å². The maximum atomic E-state index is 12.7. The third-order valence-electron chi connectivity index (χ3n) is 4.84. The van der Waals surface area contributed by atoms with E-state index in [4.69, 9.17) is 4.74 Å². The van der Waals surface area contributed by atoms with Crippen LogP contribution in [-0.4, -0.2) is 38.7 Å². The molecule has 154 valence electrons. The van der Waals surface area contributed by atoms with Crippen molar-refractivity contribution in [2.45, 2.75) is 26.2 Å². The minimum absolute atomic E-state index is 0.123. The molecule has 0 bridgehead atoms. The Bertz CT molecular complexity index is 863. The number of hydrogen-bond donors (Lipinski definition) is 3. The molecule has 29 heavy (non-hydrogen) atoms. The van der Waals surface area contributed by atoms with E-state index in [2.05, 4.69) is 20.9 Å². The van der Waals surface area contributed by atoms with Gasteiger partial charge in [-0.1, -0.05) is 19.1 Å². The van der Waals surface area contributed by atoms with Crippen LogP contribution < -0.4 is 25.6 Å². The lowest BCUT2D eigenvalue weighted by molar-refractivity contribution is 0.0954. The standard InChI is InChI=1S/C22H28N4O3/c1-3-12-23-21(27)17-15-16(10-11-19(17)26-13-6-7-14-26)24-22(28)25-18-8-4-5-9-20(18)29-2/h4-5,8-11,15H,3,6-7,12-14H2,1-2H3,(H,23,27)(H2,24,25,28). The van der Waals surface area contributed by atoms with E-state index in [9.17, 15) is 9.59 Å². The van der Waals surface area contributed by atoms with Gasteiger partial charge in [0.2, 0.25) is 0 Å². The van der Waals surface area contributed by atoms with E-state index in [1.54, 1.807) is 25.3 Å². The maximum Gasteiger partial charge on any atom is 0.323 e. The fourth-order valence-corrected chi connectivity index (χ4v) is 3.40. The number of hydrogen-bond acceptors (Lipinski definition) is 4. The Balaban J connectivity index is 1.78. The fraction of sp³-hybridized carbons (Fsp3) is 0.364. The molecule has 1 fully saturated rings. The summed E-state index contributed by atoms with van der Waals surface area (Å²) in [6.45, 7) is 4.51. The minimum Gasteiger partial charge on any atom is -0.495 e. The van der Waals surface area contributed by atoms with Crippen molar-refractivity contribution < 1.29 is 14.3 Å². The number of anilines is 3. The molecule has 3 rings (SSSR count). The van der Waals surface area contributed by atoms with E-state index in [0.29, 0.717) is 29.2 Å². The summed E-state index contributed by atoms with van der Waals surface area (Å²) < 4.78 is 5.26. The molecule has 2 aromatic rings. The summed E-state index contributed by atoms with van der Waals surface area (Å²) in [5.41, 5.74) is 2.62. The van der Waals surface area contributed by atoms with Crippen molar-refractivity contribution in [3.63, 3.8) is 0 Å². The second-order valence-electron chi connectivity index (χ2n) is 6.96. The number of benzene rings is 2. The molecule has 3 amide bonds. The normalized spacial score (nSPS) is 13.1. The van der Waals surface area contributed by atoms with E-state index in [-0.39, 0.29) is 5.91 Å². The number of carbonyl (C=O) groups is 2. The lowest BCUT2D eigenvalue weighted by Gasteiger charge is -2.22. The molecule has 2 aromatic carbocycles. The lowest BCUT2D eigenvalue weighted by Crippen LogP contribution is -2.28. The highest BCUT2D eigenvalue weighted by Gasteiger charge is 2.20. The first-order chi connectivity index (χ1) is 14.1. The smallest absolute Gasteiger partial charge is 0.323 e. The molecular formula is C22H28N4O3. The molecule has 0 atom stereocenters. The lowest BCUT2D eigenvalue weighted by atomic mass is 10.1. The van der Waals surface area contributed by atoms with Crippen LogP contribution in [0.2, 0.25) is 0 Å². The second-order valence-corrected chi connectivity index (χ2v) is 6.96. The van der Waals surface area contributed by atoms with Crippen LogP contribution in [0.1, 0.15) is 36.5 Å². The third kappa shape index (κ3) is 5.19. The highest BCUT2D eigenvalue weighted by Crippen LogP contribution is 2.28. The van der Waals surface area contributed by atoms with Crippen molar-refractivity contribution in [3.8, 4) is 5.75 Å². The quantitative estimate of drug-likeness (QED) is 0.659. The van der Waals surface area contributed by atoms with Crippen molar-refractivity contribution in [1.29, 1.82) is 0 Å². The average Bonchev–Trinajstić information content (AvgIpc) is 3.27. The van der Waals surface area contributed by atoms with Gasteiger partial charge in [0.1, 0.15) is 5.75 Å². The molecule has 7 nitrogen and oxygen atoms in total. The zero-order valence-corrected chi connectivity index (χ0v) is 17.0. The Hall–Kier alpha value is -3.22. The summed E-state index contributed by atoms with van der Waals surface area (Å²) in [5.74, 6) is 0.453. The van der Waals surface area contributed by atoms with Crippen LogP contribution in [-0.2, 0) is 0 Å². The van der Waals surface area contributed by atoms with Crippen LogP contribution in [0.4, 0.5) is 21.9 Å². The third-order valence-corrected chi connectivity index (χ3v) is 4.84. The summed E-state index contributed by atoms with van der Waals surface area (Å²) >= 11 is 0. The van der Waals surface area contributed by atoms with Gasteiger partial charge >= 0.3 is 6.03 Å². The highest BCUT2D eigenvalue weighted by atomic mass is 16.5. The summed E-state index contributed by atoms with van der Waals surface area (Å²) in [4.78, 5) is 27.4. The van der Waals surface area contributed by atoms with Crippen molar-refractivity contribution in [2.75, 3.05) is 42.3 Å². The predicted octanol–water partition coefficient (Wildman–Crippen LogP) is 4.08. The van der Waals surface area contributed by atoms with Gasteiger partial charge in [0, 0.05) is 31.0 Å². The number of urea groups is 1. The SMILES string of the molecule is CCCNC(=O)c1cc(NC(=O)Nc2ccccc2OC)ccc1N1CCCC1. The van der Waals surface area contributed by atoms with Gasteiger partial charge in [0.25, 0.3) is 5.91 Å². The zero-order valence-electron chi connectivity index (χ0n) is 17.0. The van der Waals surface area contributed by atoms with Gasteiger partial charge in [0.05, 0.1) is 18.4 Å². The topological polar surface area (TPSA) is 82.7 Å². The molecule has 0 spiro atoms. The number of rotatable bonds is 7. The largest absolute Gasteiger partial charge is 0.495 e. The number of para-hydroxylation sites is 2. The van der Waals surface area contributed by atoms with E-state index in [0.717, 1.165) is 38.0 Å². The van der Waals surface area contributed by atoms with Gasteiger partial charge in [-0.3, -0.25) is 4.79 Å². The number of nitrogens with one attached hydrogen (secondary N) is 3. The number of nitrogens with zero attached hydrogens (tertiary/aromatic N) is 1. The minimum atomic E-state index is -0.400. The van der Waals surface area contributed by atoms with Crippen LogP contribution in [0.25, 0.3) is 0 Å². The van der Waals surface area contributed by atoms with Crippen molar-refractivity contribution in [2.24, 2.45) is 0 Å². The average molecular weight is 396 g/mol. The first kappa shape index (κ1) is 20.5. The fourth-order valence-electron chi connectivity index (χ4n) is 3.40. The van der Waals surface area contributed by atoms with Gasteiger partial charge in [-0.2, -0.15) is 0 Å². The Kier molecular flexibility index (Phi) is 6.94. The number of carbonyl (C=O) groups excluding carboxylic acids is 2.